The average molecular weight is 443 g/mol. The maximum Gasteiger partial charge on any atom is 0.263 e. The number of halogens is 2. The molecule has 31 heavy (non-hydrogen) atoms. The summed E-state index contributed by atoms with van der Waals surface area (Å²) in [7, 11) is 1.66. The fourth-order valence-electron chi connectivity index (χ4n) is 4.45. The smallest absolute Gasteiger partial charge is 0.263 e. The third-order valence-corrected chi connectivity index (χ3v) is 6.76. The summed E-state index contributed by atoms with van der Waals surface area (Å²) in [4.78, 5) is 24.7. The summed E-state index contributed by atoms with van der Waals surface area (Å²) in [6, 6.07) is 6.24. The van der Waals surface area contributed by atoms with Gasteiger partial charge in [-0.15, -0.1) is 0 Å². The Balaban J connectivity index is 1.72. The Hall–Kier alpha value is -2.51. The van der Waals surface area contributed by atoms with Gasteiger partial charge in [-0.2, -0.15) is 0 Å². The van der Waals surface area contributed by atoms with Gasteiger partial charge in [-0.3, -0.25) is 9.36 Å². The molecule has 5 rings (SSSR count). The third-order valence-electron chi connectivity index (χ3n) is 6.52. The molecule has 162 valence electrons. The Kier molecular flexibility index (Phi) is 4.79. The normalized spacial score (nSPS) is 21.6. The second-order valence-electron chi connectivity index (χ2n) is 8.73. The molecule has 1 atom stereocenters. The standard InChI is InChI=1S/C23H24ClFN4O2/c1-13-26-18-11-19(29-8-9-31-23(2,12-29)14-4-5-14)27-21(20(18)22(30)28(13)3)16-7-6-15(24)10-17(16)25/h6-7,10-11,14H,4-5,8-9,12H2,1-3H3/t23-/m0/s1. The number of aryl methyl sites for hydroxylation is 1. The summed E-state index contributed by atoms with van der Waals surface area (Å²) in [5, 5.41) is 0.591. The van der Waals surface area contributed by atoms with Crippen LogP contribution in [0.2, 0.25) is 5.02 Å². The van der Waals surface area contributed by atoms with Crippen LogP contribution in [0.5, 0.6) is 0 Å². The molecule has 0 radical (unpaired) electrons. The van der Waals surface area contributed by atoms with E-state index in [1.165, 1.54) is 23.5 Å². The van der Waals surface area contributed by atoms with E-state index in [1.54, 1.807) is 26.1 Å². The van der Waals surface area contributed by atoms with E-state index >= 15 is 0 Å². The average Bonchev–Trinajstić information content (AvgIpc) is 3.57. The number of hydrogen-bond donors (Lipinski definition) is 0. The van der Waals surface area contributed by atoms with Crippen LogP contribution in [0, 0.1) is 18.7 Å². The van der Waals surface area contributed by atoms with E-state index in [0.717, 1.165) is 0 Å². The molecule has 8 heteroatoms. The Morgan fingerprint density at radius 3 is 2.74 bits per heavy atom. The monoisotopic (exact) mass is 442 g/mol. The molecule has 2 aliphatic rings. The van der Waals surface area contributed by atoms with Crippen molar-refractivity contribution in [2.75, 3.05) is 24.6 Å². The maximum absolute atomic E-state index is 14.9. The highest BCUT2D eigenvalue weighted by atomic mass is 35.5. The van der Waals surface area contributed by atoms with E-state index in [-0.39, 0.29) is 27.4 Å². The minimum atomic E-state index is -0.522. The Morgan fingerprint density at radius 2 is 2.03 bits per heavy atom. The minimum absolute atomic E-state index is 0.225. The SMILES string of the molecule is Cc1nc2cc(N3CCO[C@](C)(C4CC4)C3)nc(-c3ccc(Cl)cc3F)c2c(=O)n1C. The number of morpholine rings is 1. The van der Waals surface area contributed by atoms with Gasteiger partial charge in [0.1, 0.15) is 17.5 Å². The van der Waals surface area contributed by atoms with Crippen molar-refractivity contribution < 1.29 is 9.13 Å². The molecule has 0 N–H and O–H groups in total. The largest absolute Gasteiger partial charge is 0.371 e. The Morgan fingerprint density at radius 1 is 1.26 bits per heavy atom. The molecule has 3 heterocycles. The van der Waals surface area contributed by atoms with Gasteiger partial charge in [0, 0.05) is 36.8 Å². The number of ether oxygens (including phenoxy) is 1. The van der Waals surface area contributed by atoms with Gasteiger partial charge in [0.2, 0.25) is 0 Å². The lowest BCUT2D eigenvalue weighted by Gasteiger charge is -2.41. The number of nitrogens with zero attached hydrogens (tertiary/aromatic N) is 4. The topological polar surface area (TPSA) is 60.2 Å². The summed E-state index contributed by atoms with van der Waals surface area (Å²) < 4.78 is 22.5. The molecule has 1 aliphatic carbocycles. The molecule has 6 nitrogen and oxygen atoms in total. The van der Waals surface area contributed by atoms with Crippen LogP contribution < -0.4 is 10.5 Å². The predicted octanol–water partition coefficient (Wildman–Crippen LogP) is 4.10. The highest BCUT2D eigenvalue weighted by molar-refractivity contribution is 6.30. The first-order valence-corrected chi connectivity index (χ1v) is 10.9. The molecule has 0 bridgehead atoms. The number of pyridine rings is 1. The van der Waals surface area contributed by atoms with Crippen LogP contribution in [0.1, 0.15) is 25.6 Å². The van der Waals surface area contributed by atoms with Crippen molar-refractivity contribution in [2.24, 2.45) is 13.0 Å². The van der Waals surface area contributed by atoms with Crippen LogP contribution in [0.15, 0.2) is 29.1 Å². The Bertz CT molecular complexity index is 1260. The fraction of sp³-hybridized carbons (Fsp3) is 0.435. The van der Waals surface area contributed by atoms with Gasteiger partial charge < -0.3 is 9.64 Å². The lowest BCUT2D eigenvalue weighted by Crippen LogP contribution is -2.51. The van der Waals surface area contributed by atoms with E-state index in [2.05, 4.69) is 16.8 Å². The van der Waals surface area contributed by atoms with Crippen LogP contribution in [0.3, 0.4) is 0 Å². The van der Waals surface area contributed by atoms with E-state index in [9.17, 15) is 9.18 Å². The molecule has 0 unspecified atom stereocenters. The van der Waals surface area contributed by atoms with Crippen LogP contribution in [-0.4, -0.2) is 39.8 Å². The van der Waals surface area contributed by atoms with Gasteiger partial charge in [0.05, 0.1) is 28.8 Å². The van der Waals surface area contributed by atoms with Crippen LogP contribution in [-0.2, 0) is 11.8 Å². The van der Waals surface area contributed by atoms with Crippen molar-refractivity contribution >= 4 is 28.3 Å². The molecular weight excluding hydrogens is 419 g/mol. The summed E-state index contributed by atoms with van der Waals surface area (Å²) >= 11 is 5.96. The molecule has 1 aromatic carbocycles. The van der Waals surface area contributed by atoms with Gasteiger partial charge in [-0.05, 0) is 50.8 Å². The Labute approximate surface area is 184 Å². The lowest BCUT2D eigenvalue weighted by molar-refractivity contribution is -0.0577. The third kappa shape index (κ3) is 3.49. The van der Waals surface area contributed by atoms with Crippen molar-refractivity contribution in [1.82, 2.24) is 14.5 Å². The number of anilines is 1. The van der Waals surface area contributed by atoms with Gasteiger partial charge in [-0.1, -0.05) is 11.6 Å². The second-order valence-corrected chi connectivity index (χ2v) is 9.16. The zero-order valence-corrected chi connectivity index (χ0v) is 18.5. The molecule has 0 amide bonds. The van der Waals surface area contributed by atoms with Crippen molar-refractivity contribution in [3.05, 3.63) is 51.3 Å². The summed E-state index contributed by atoms with van der Waals surface area (Å²) in [6.07, 6.45) is 2.35. The quantitative estimate of drug-likeness (QED) is 0.611. The number of rotatable bonds is 3. The molecule has 2 aromatic heterocycles. The van der Waals surface area contributed by atoms with Crippen molar-refractivity contribution in [2.45, 2.75) is 32.3 Å². The summed E-state index contributed by atoms with van der Waals surface area (Å²) in [5.74, 6) is 1.29. The molecular formula is C23H24ClFN4O2. The maximum atomic E-state index is 14.9. The zero-order chi connectivity index (χ0) is 21.9. The fourth-order valence-corrected chi connectivity index (χ4v) is 4.61. The van der Waals surface area contributed by atoms with Crippen molar-refractivity contribution in [1.29, 1.82) is 0 Å². The van der Waals surface area contributed by atoms with Gasteiger partial charge >= 0.3 is 0 Å². The van der Waals surface area contributed by atoms with Gasteiger partial charge in [0.25, 0.3) is 5.56 Å². The van der Waals surface area contributed by atoms with E-state index in [1.807, 2.05) is 6.07 Å². The lowest BCUT2D eigenvalue weighted by atomic mass is 9.97. The van der Waals surface area contributed by atoms with Crippen molar-refractivity contribution in [3.63, 3.8) is 0 Å². The molecule has 1 saturated carbocycles. The highest BCUT2D eigenvalue weighted by Gasteiger charge is 2.45. The summed E-state index contributed by atoms with van der Waals surface area (Å²) in [6.45, 7) is 5.90. The molecule has 3 aromatic rings. The second kappa shape index (κ2) is 7.28. The molecule has 2 fully saturated rings. The first-order chi connectivity index (χ1) is 14.8. The number of benzene rings is 1. The van der Waals surface area contributed by atoms with Crippen LogP contribution in [0.4, 0.5) is 10.2 Å². The predicted molar refractivity (Wildman–Crippen MR) is 119 cm³/mol. The van der Waals surface area contributed by atoms with Gasteiger partial charge in [-0.25, -0.2) is 14.4 Å². The highest BCUT2D eigenvalue weighted by Crippen LogP contribution is 2.44. The van der Waals surface area contributed by atoms with Crippen molar-refractivity contribution in [3.8, 4) is 11.3 Å². The molecule has 0 spiro atoms. The minimum Gasteiger partial charge on any atom is -0.371 e. The van der Waals surface area contributed by atoms with E-state index in [0.29, 0.717) is 48.2 Å². The summed E-state index contributed by atoms with van der Waals surface area (Å²) in [5.41, 5.74) is 0.549. The van der Waals surface area contributed by atoms with Crippen LogP contribution >= 0.6 is 11.6 Å². The first-order valence-electron chi connectivity index (χ1n) is 10.5. The van der Waals surface area contributed by atoms with Gasteiger partial charge in [0.15, 0.2) is 0 Å². The number of fused-ring (bicyclic) bond motifs is 1. The van der Waals surface area contributed by atoms with E-state index in [4.69, 9.17) is 21.3 Å². The number of hydrogen-bond acceptors (Lipinski definition) is 5. The molecule has 1 aliphatic heterocycles. The van der Waals surface area contributed by atoms with E-state index < -0.39 is 5.82 Å². The molecule has 1 saturated heterocycles. The number of aromatic nitrogens is 3. The first kappa shape index (κ1) is 20.4. The van der Waals surface area contributed by atoms with Crippen LogP contribution in [0.25, 0.3) is 22.2 Å². The zero-order valence-electron chi connectivity index (χ0n) is 17.8.